The molecular weight excluding hydrogens is 326 g/mol. The lowest BCUT2D eigenvalue weighted by molar-refractivity contribution is -0.121. The smallest absolute Gasteiger partial charge is 0.240 e. The second-order valence-corrected chi connectivity index (χ2v) is 8.26. The van der Waals surface area contributed by atoms with Crippen molar-refractivity contribution in [3.8, 4) is 0 Å². The minimum atomic E-state index is -2.94. The summed E-state index contributed by atoms with van der Waals surface area (Å²) in [5.74, 6) is -0.0315. The summed E-state index contributed by atoms with van der Waals surface area (Å²) < 4.78 is 22.8. The molecule has 1 fully saturated rings. The third kappa shape index (κ3) is 5.33. The molecule has 1 atom stereocenters. The van der Waals surface area contributed by atoms with E-state index in [1.54, 1.807) is 6.21 Å². The summed E-state index contributed by atoms with van der Waals surface area (Å²) in [5, 5.41) is 3.95. The fourth-order valence-electron chi connectivity index (χ4n) is 2.88. The Bertz CT molecular complexity index is 680. The summed E-state index contributed by atoms with van der Waals surface area (Å²) in [5.41, 5.74) is 4.52. The molecular formula is C17H25N3O3S. The van der Waals surface area contributed by atoms with Gasteiger partial charge in [-0.2, -0.15) is 5.10 Å². The molecule has 1 aromatic rings. The Hall–Kier alpha value is -1.89. The Kier molecular flexibility index (Phi) is 6.36. The largest absolute Gasteiger partial charge is 0.372 e. The maximum atomic E-state index is 11.8. The molecule has 1 N–H and O–H groups in total. The van der Waals surface area contributed by atoms with Crippen molar-refractivity contribution < 1.29 is 13.2 Å². The fourth-order valence-corrected chi connectivity index (χ4v) is 4.74. The number of nitrogens with one attached hydrogen (secondary N) is 1. The van der Waals surface area contributed by atoms with Crippen LogP contribution in [0.4, 0.5) is 5.69 Å². The SMILES string of the molecule is CCN(CC)c1ccc(/C=N\NC(=O)C[C@@H]2CCS(=O)(=O)C2)cc1. The molecule has 0 saturated carbocycles. The summed E-state index contributed by atoms with van der Waals surface area (Å²) in [6.07, 6.45) is 2.36. The van der Waals surface area contributed by atoms with Crippen LogP contribution in [0.3, 0.4) is 0 Å². The molecule has 0 aromatic heterocycles. The number of anilines is 1. The van der Waals surface area contributed by atoms with Crippen molar-refractivity contribution in [3.63, 3.8) is 0 Å². The molecule has 7 heteroatoms. The van der Waals surface area contributed by atoms with E-state index in [9.17, 15) is 13.2 Å². The number of amides is 1. The lowest BCUT2D eigenvalue weighted by atomic mass is 10.1. The van der Waals surface area contributed by atoms with Crippen LogP contribution in [0, 0.1) is 5.92 Å². The van der Waals surface area contributed by atoms with Crippen LogP contribution in [0.2, 0.25) is 0 Å². The van der Waals surface area contributed by atoms with E-state index in [0.29, 0.717) is 6.42 Å². The number of hydrazone groups is 1. The number of carbonyl (C=O) groups is 1. The zero-order valence-electron chi connectivity index (χ0n) is 14.2. The molecule has 132 valence electrons. The highest BCUT2D eigenvalue weighted by atomic mass is 32.2. The van der Waals surface area contributed by atoms with Gasteiger partial charge in [0.25, 0.3) is 0 Å². The third-order valence-electron chi connectivity index (χ3n) is 4.23. The minimum absolute atomic E-state index is 0.0847. The molecule has 1 amide bonds. The Balaban J connectivity index is 1.82. The molecule has 1 aliphatic heterocycles. The van der Waals surface area contributed by atoms with E-state index in [1.807, 2.05) is 24.3 Å². The number of sulfone groups is 1. The minimum Gasteiger partial charge on any atom is -0.372 e. The predicted molar refractivity (Wildman–Crippen MR) is 97.1 cm³/mol. The first-order chi connectivity index (χ1) is 11.4. The van der Waals surface area contributed by atoms with Crippen molar-refractivity contribution in [2.75, 3.05) is 29.5 Å². The number of hydrogen-bond acceptors (Lipinski definition) is 5. The molecule has 1 saturated heterocycles. The molecule has 0 aliphatic carbocycles. The van der Waals surface area contributed by atoms with Crippen molar-refractivity contribution in [3.05, 3.63) is 29.8 Å². The standard InChI is InChI=1S/C17H25N3O3S/c1-3-20(4-2)16-7-5-14(6-8-16)12-18-19-17(21)11-15-9-10-24(22,23)13-15/h5-8,12,15H,3-4,9-11,13H2,1-2H3,(H,19,21)/b18-12-/t15-/m0/s1. The third-order valence-corrected chi connectivity index (χ3v) is 6.06. The van der Waals surface area contributed by atoms with E-state index in [2.05, 4.69) is 29.3 Å². The number of benzene rings is 1. The van der Waals surface area contributed by atoms with Gasteiger partial charge in [0, 0.05) is 25.2 Å². The summed E-state index contributed by atoms with van der Waals surface area (Å²) in [4.78, 5) is 14.0. The van der Waals surface area contributed by atoms with E-state index >= 15 is 0 Å². The first-order valence-corrected chi connectivity index (χ1v) is 10.1. The van der Waals surface area contributed by atoms with Crippen molar-refractivity contribution in [2.24, 2.45) is 11.0 Å². The molecule has 1 aromatic carbocycles. The average molecular weight is 351 g/mol. The molecule has 2 rings (SSSR count). The molecule has 6 nitrogen and oxygen atoms in total. The first kappa shape index (κ1) is 18.4. The molecule has 1 heterocycles. The van der Waals surface area contributed by atoms with Crippen molar-refractivity contribution >= 4 is 27.6 Å². The molecule has 0 spiro atoms. The van der Waals surface area contributed by atoms with Crippen molar-refractivity contribution in [2.45, 2.75) is 26.7 Å². The summed E-state index contributed by atoms with van der Waals surface area (Å²) in [6, 6.07) is 7.96. The molecule has 0 radical (unpaired) electrons. The normalized spacial score (nSPS) is 19.5. The van der Waals surface area contributed by atoms with E-state index in [4.69, 9.17) is 0 Å². The summed E-state index contributed by atoms with van der Waals surface area (Å²) in [7, 11) is -2.94. The highest BCUT2D eigenvalue weighted by Gasteiger charge is 2.29. The summed E-state index contributed by atoms with van der Waals surface area (Å²) >= 11 is 0. The van der Waals surface area contributed by atoms with Gasteiger partial charge in [-0.1, -0.05) is 12.1 Å². The van der Waals surface area contributed by atoms with Gasteiger partial charge in [-0.25, -0.2) is 13.8 Å². The van der Waals surface area contributed by atoms with E-state index in [1.165, 1.54) is 0 Å². The van der Waals surface area contributed by atoms with E-state index < -0.39 is 9.84 Å². The fraction of sp³-hybridized carbons (Fsp3) is 0.529. The van der Waals surface area contributed by atoms with Crippen LogP contribution >= 0.6 is 0 Å². The van der Waals surface area contributed by atoms with Gasteiger partial charge in [-0.15, -0.1) is 0 Å². The number of hydrogen-bond donors (Lipinski definition) is 1. The Labute approximate surface area is 143 Å². The van der Waals surface area contributed by atoms with Gasteiger partial charge >= 0.3 is 0 Å². The number of carbonyl (C=O) groups excluding carboxylic acids is 1. The summed E-state index contributed by atoms with van der Waals surface area (Å²) in [6.45, 7) is 6.14. The van der Waals surface area contributed by atoms with Gasteiger partial charge in [0.05, 0.1) is 17.7 Å². The lowest BCUT2D eigenvalue weighted by Crippen LogP contribution is -2.22. The second-order valence-electron chi connectivity index (χ2n) is 6.03. The van der Waals surface area contributed by atoms with Crippen LogP contribution in [0.25, 0.3) is 0 Å². The Morgan fingerprint density at radius 3 is 2.50 bits per heavy atom. The van der Waals surface area contributed by atoms with Crippen LogP contribution in [0.5, 0.6) is 0 Å². The molecule has 1 aliphatic rings. The zero-order chi connectivity index (χ0) is 17.6. The Morgan fingerprint density at radius 2 is 1.96 bits per heavy atom. The quantitative estimate of drug-likeness (QED) is 0.600. The second kappa shape index (κ2) is 8.28. The van der Waals surface area contributed by atoms with Gasteiger partial charge in [-0.3, -0.25) is 4.79 Å². The van der Waals surface area contributed by atoms with E-state index in [0.717, 1.165) is 24.3 Å². The first-order valence-electron chi connectivity index (χ1n) is 8.31. The van der Waals surface area contributed by atoms with E-state index in [-0.39, 0.29) is 29.8 Å². The lowest BCUT2D eigenvalue weighted by Gasteiger charge is -2.20. The van der Waals surface area contributed by atoms with Gasteiger partial charge in [0.2, 0.25) is 5.91 Å². The monoisotopic (exact) mass is 351 g/mol. The van der Waals surface area contributed by atoms with Crippen molar-refractivity contribution in [1.29, 1.82) is 0 Å². The highest BCUT2D eigenvalue weighted by Crippen LogP contribution is 2.21. The number of nitrogens with zero attached hydrogens (tertiary/aromatic N) is 2. The van der Waals surface area contributed by atoms with Crippen LogP contribution in [0.15, 0.2) is 29.4 Å². The van der Waals surface area contributed by atoms with Gasteiger partial charge < -0.3 is 4.90 Å². The Morgan fingerprint density at radius 1 is 1.29 bits per heavy atom. The molecule has 24 heavy (non-hydrogen) atoms. The van der Waals surface area contributed by atoms with Crippen LogP contribution < -0.4 is 10.3 Å². The van der Waals surface area contributed by atoms with Gasteiger partial charge in [0.1, 0.15) is 0 Å². The van der Waals surface area contributed by atoms with Crippen LogP contribution in [-0.2, 0) is 14.6 Å². The predicted octanol–water partition coefficient (Wildman–Crippen LogP) is 1.81. The number of rotatable bonds is 7. The molecule has 0 bridgehead atoms. The average Bonchev–Trinajstić information content (AvgIpc) is 2.88. The van der Waals surface area contributed by atoms with Crippen LogP contribution in [-0.4, -0.2) is 45.1 Å². The van der Waals surface area contributed by atoms with Crippen molar-refractivity contribution in [1.82, 2.24) is 5.43 Å². The van der Waals surface area contributed by atoms with Gasteiger partial charge in [0.15, 0.2) is 9.84 Å². The van der Waals surface area contributed by atoms with Crippen LogP contribution in [0.1, 0.15) is 32.3 Å². The molecule has 0 unspecified atom stereocenters. The maximum Gasteiger partial charge on any atom is 0.240 e. The van der Waals surface area contributed by atoms with Gasteiger partial charge in [-0.05, 0) is 43.9 Å². The zero-order valence-corrected chi connectivity index (χ0v) is 15.1. The topological polar surface area (TPSA) is 78.8 Å². The maximum absolute atomic E-state index is 11.8. The highest BCUT2D eigenvalue weighted by molar-refractivity contribution is 7.91.